The maximum atomic E-state index is 13.1. The summed E-state index contributed by atoms with van der Waals surface area (Å²) in [6.07, 6.45) is 4.62. The summed E-state index contributed by atoms with van der Waals surface area (Å²) in [6.45, 7) is 1.08. The molecule has 156 valence electrons. The third kappa shape index (κ3) is 3.67. The predicted molar refractivity (Wildman–Crippen MR) is 124 cm³/mol. The molecule has 0 saturated carbocycles. The summed E-state index contributed by atoms with van der Waals surface area (Å²) in [5, 5.41) is 3.31. The number of hydrogen-bond acceptors (Lipinski definition) is 2. The minimum Gasteiger partial charge on any atom is -0.369 e. The minimum atomic E-state index is -0.317. The number of para-hydroxylation sites is 1. The van der Waals surface area contributed by atoms with Crippen molar-refractivity contribution in [2.75, 3.05) is 13.1 Å². The Bertz CT molecular complexity index is 1290. The molecule has 1 fully saturated rings. The molecule has 2 heterocycles. The molecular weight excluding hydrogens is 386 g/mol. The van der Waals surface area contributed by atoms with Crippen molar-refractivity contribution in [2.24, 2.45) is 11.7 Å². The topological polar surface area (TPSA) is 79.2 Å². The molecule has 1 unspecified atom stereocenters. The molecule has 0 aliphatic carbocycles. The van der Waals surface area contributed by atoms with E-state index in [1.807, 2.05) is 36.5 Å². The molecule has 1 aliphatic heterocycles. The molecule has 31 heavy (non-hydrogen) atoms. The molecule has 0 spiro atoms. The molecule has 5 heteroatoms. The molecule has 3 N–H and O–H groups in total. The van der Waals surface area contributed by atoms with Gasteiger partial charge in [0.25, 0.3) is 5.91 Å². The van der Waals surface area contributed by atoms with E-state index in [2.05, 4.69) is 35.3 Å². The fourth-order valence-corrected chi connectivity index (χ4v) is 4.60. The molecule has 4 aromatic rings. The number of nitrogens with one attached hydrogen (secondary N) is 1. The standard InChI is InChI=1S/C26H25N3O2/c27-25(30)21-5-3-4-12-29(16-21)26(31)20-11-9-17-13-19(10-8-18(17)14-20)23-15-28-24-7-2-1-6-22(23)24/h1-2,6-11,13-15,21,28H,3-5,12,16H2,(H2,27,30). The van der Waals surface area contributed by atoms with E-state index in [9.17, 15) is 9.59 Å². The van der Waals surface area contributed by atoms with E-state index in [1.54, 1.807) is 4.90 Å². The van der Waals surface area contributed by atoms with Crippen LogP contribution in [0.25, 0.3) is 32.8 Å². The number of benzene rings is 3. The highest BCUT2D eigenvalue weighted by Crippen LogP contribution is 2.31. The second kappa shape index (κ2) is 7.91. The Morgan fingerprint density at radius 2 is 1.77 bits per heavy atom. The van der Waals surface area contributed by atoms with Crippen LogP contribution in [0.3, 0.4) is 0 Å². The van der Waals surface area contributed by atoms with E-state index in [0.29, 0.717) is 18.7 Å². The Kier molecular flexibility index (Phi) is 4.94. The van der Waals surface area contributed by atoms with Crippen molar-refractivity contribution in [2.45, 2.75) is 19.3 Å². The first kappa shape index (κ1) is 19.4. The van der Waals surface area contributed by atoms with Crippen LogP contribution in [0.15, 0.2) is 66.9 Å². The Morgan fingerprint density at radius 1 is 0.968 bits per heavy atom. The fourth-order valence-electron chi connectivity index (χ4n) is 4.60. The van der Waals surface area contributed by atoms with E-state index in [-0.39, 0.29) is 17.7 Å². The van der Waals surface area contributed by atoms with Gasteiger partial charge in [0.1, 0.15) is 0 Å². The number of amides is 2. The summed E-state index contributed by atoms with van der Waals surface area (Å²) in [4.78, 5) is 29.9. The largest absolute Gasteiger partial charge is 0.369 e. The zero-order valence-corrected chi connectivity index (χ0v) is 17.3. The zero-order valence-electron chi connectivity index (χ0n) is 17.3. The second-order valence-electron chi connectivity index (χ2n) is 8.37. The van der Waals surface area contributed by atoms with E-state index in [0.717, 1.165) is 41.1 Å². The van der Waals surface area contributed by atoms with Gasteiger partial charge in [-0.2, -0.15) is 0 Å². The van der Waals surface area contributed by atoms with Gasteiger partial charge in [0.2, 0.25) is 5.91 Å². The van der Waals surface area contributed by atoms with Crippen LogP contribution in [0.4, 0.5) is 0 Å². The van der Waals surface area contributed by atoms with Gasteiger partial charge < -0.3 is 15.6 Å². The van der Waals surface area contributed by atoms with Crippen LogP contribution in [0, 0.1) is 5.92 Å². The summed E-state index contributed by atoms with van der Waals surface area (Å²) in [6, 6.07) is 20.4. The molecule has 3 aromatic carbocycles. The predicted octanol–water partition coefficient (Wildman–Crippen LogP) is 4.72. The molecule has 0 radical (unpaired) electrons. The third-order valence-corrected chi connectivity index (χ3v) is 6.35. The molecule has 1 aromatic heterocycles. The lowest BCUT2D eigenvalue weighted by Gasteiger charge is -2.23. The van der Waals surface area contributed by atoms with Gasteiger partial charge >= 0.3 is 0 Å². The van der Waals surface area contributed by atoms with Crippen LogP contribution in [0.2, 0.25) is 0 Å². The lowest BCUT2D eigenvalue weighted by molar-refractivity contribution is -0.122. The number of likely N-dealkylation sites (tertiary alicyclic amines) is 1. The van der Waals surface area contributed by atoms with Crippen molar-refractivity contribution >= 4 is 33.5 Å². The van der Waals surface area contributed by atoms with Crippen molar-refractivity contribution in [3.63, 3.8) is 0 Å². The number of fused-ring (bicyclic) bond motifs is 2. The molecule has 5 nitrogen and oxygen atoms in total. The van der Waals surface area contributed by atoms with E-state index in [4.69, 9.17) is 5.73 Å². The molecule has 2 amide bonds. The van der Waals surface area contributed by atoms with Gasteiger partial charge in [0, 0.05) is 41.3 Å². The smallest absolute Gasteiger partial charge is 0.253 e. The van der Waals surface area contributed by atoms with Gasteiger partial charge in [-0.25, -0.2) is 0 Å². The second-order valence-corrected chi connectivity index (χ2v) is 8.37. The normalized spacial score (nSPS) is 17.0. The van der Waals surface area contributed by atoms with Gasteiger partial charge in [-0.1, -0.05) is 42.8 Å². The third-order valence-electron chi connectivity index (χ3n) is 6.35. The summed E-state index contributed by atoms with van der Waals surface area (Å²) >= 11 is 0. The summed E-state index contributed by atoms with van der Waals surface area (Å²) in [5.74, 6) is -0.607. The number of carbonyl (C=O) groups is 2. The average Bonchev–Trinajstić information content (AvgIpc) is 3.06. The SMILES string of the molecule is NC(=O)C1CCCCN(C(=O)c2ccc3cc(-c4c[nH]c5ccccc45)ccc3c2)C1. The Morgan fingerprint density at radius 3 is 2.65 bits per heavy atom. The summed E-state index contributed by atoms with van der Waals surface area (Å²) < 4.78 is 0. The number of rotatable bonds is 3. The molecule has 5 rings (SSSR count). The van der Waals surface area contributed by atoms with Crippen LogP contribution >= 0.6 is 0 Å². The van der Waals surface area contributed by atoms with Crippen molar-refractivity contribution in [1.82, 2.24) is 9.88 Å². The number of H-pyrrole nitrogens is 1. The molecule has 1 saturated heterocycles. The number of nitrogens with zero attached hydrogens (tertiary/aromatic N) is 1. The van der Waals surface area contributed by atoms with Gasteiger partial charge in [0.05, 0.1) is 5.92 Å². The average molecular weight is 412 g/mol. The van der Waals surface area contributed by atoms with E-state index >= 15 is 0 Å². The zero-order chi connectivity index (χ0) is 21.4. The van der Waals surface area contributed by atoms with Crippen molar-refractivity contribution in [1.29, 1.82) is 0 Å². The first-order valence-electron chi connectivity index (χ1n) is 10.8. The van der Waals surface area contributed by atoms with Gasteiger partial charge in [-0.05, 0) is 53.4 Å². The minimum absolute atomic E-state index is 0.0317. The number of primary amides is 1. The van der Waals surface area contributed by atoms with Crippen LogP contribution in [0.5, 0.6) is 0 Å². The van der Waals surface area contributed by atoms with Crippen molar-refractivity contribution in [3.05, 3.63) is 72.4 Å². The Labute approximate surface area is 180 Å². The molecule has 1 atom stereocenters. The van der Waals surface area contributed by atoms with E-state index in [1.165, 1.54) is 10.9 Å². The van der Waals surface area contributed by atoms with Crippen LogP contribution in [0.1, 0.15) is 29.6 Å². The molecular formula is C26H25N3O2. The summed E-state index contributed by atoms with van der Waals surface area (Å²) in [5.41, 5.74) is 9.59. The highest BCUT2D eigenvalue weighted by atomic mass is 16.2. The van der Waals surface area contributed by atoms with Gasteiger partial charge in [0.15, 0.2) is 0 Å². The number of hydrogen-bond donors (Lipinski definition) is 2. The van der Waals surface area contributed by atoms with E-state index < -0.39 is 0 Å². The van der Waals surface area contributed by atoms with Crippen LogP contribution < -0.4 is 5.73 Å². The number of carbonyl (C=O) groups excluding carboxylic acids is 2. The van der Waals surface area contributed by atoms with Crippen molar-refractivity contribution < 1.29 is 9.59 Å². The number of aromatic amines is 1. The van der Waals surface area contributed by atoms with Crippen LogP contribution in [-0.2, 0) is 4.79 Å². The highest BCUT2D eigenvalue weighted by molar-refractivity contribution is 6.01. The Balaban J connectivity index is 1.45. The van der Waals surface area contributed by atoms with Gasteiger partial charge in [-0.15, -0.1) is 0 Å². The maximum absolute atomic E-state index is 13.1. The quantitative estimate of drug-likeness (QED) is 0.512. The first-order valence-corrected chi connectivity index (χ1v) is 10.8. The lowest BCUT2D eigenvalue weighted by atomic mass is 9.99. The number of aromatic nitrogens is 1. The molecule has 1 aliphatic rings. The highest BCUT2D eigenvalue weighted by Gasteiger charge is 2.26. The van der Waals surface area contributed by atoms with Crippen molar-refractivity contribution in [3.8, 4) is 11.1 Å². The summed E-state index contributed by atoms with van der Waals surface area (Å²) in [7, 11) is 0. The lowest BCUT2D eigenvalue weighted by Crippen LogP contribution is -2.38. The van der Waals surface area contributed by atoms with Crippen LogP contribution in [-0.4, -0.2) is 34.8 Å². The molecule has 0 bridgehead atoms. The monoisotopic (exact) mass is 411 g/mol. The van der Waals surface area contributed by atoms with Gasteiger partial charge in [-0.3, -0.25) is 9.59 Å². The fraction of sp³-hybridized carbons (Fsp3) is 0.231. The maximum Gasteiger partial charge on any atom is 0.253 e. The number of nitrogens with two attached hydrogens (primary N) is 1. The first-order chi connectivity index (χ1) is 15.1. The Hall–Kier alpha value is -3.60.